The van der Waals surface area contributed by atoms with Crippen molar-refractivity contribution in [3.63, 3.8) is 0 Å². The van der Waals surface area contributed by atoms with E-state index in [9.17, 15) is 0 Å². The monoisotopic (exact) mass is 352 g/mol. The summed E-state index contributed by atoms with van der Waals surface area (Å²) >= 11 is 6.23. The Morgan fingerprint density at radius 1 is 0.960 bits per heavy atom. The molecular formula is C20H21ClN4. The molecule has 0 unspecified atom stereocenters. The Bertz CT molecular complexity index is 834. The molecule has 0 fully saturated rings. The number of hydrogen-bond acceptors (Lipinski definition) is 4. The van der Waals surface area contributed by atoms with E-state index in [1.165, 1.54) is 0 Å². The molecule has 0 aliphatic heterocycles. The molecule has 1 aromatic heterocycles. The highest BCUT2D eigenvalue weighted by molar-refractivity contribution is 6.31. The average molecular weight is 353 g/mol. The second-order valence-electron chi connectivity index (χ2n) is 6.07. The first kappa shape index (κ1) is 17.2. The molecule has 0 spiro atoms. The molecule has 0 bridgehead atoms. The zero-order chi connectivity index (χ0) is 17.6. The van der Waals surface area contributed by atoms with E-state index in [-0.39, 0.29) is 6.04 Å². The van der Waals surface area contributed by atoms with Gasteiger partial charge in [0.2, 0.25) is 5.95 Å². The van der Waals surface area contributed by atoms with Gasteiger partial charge >= 0.3 is 0 Å². The van der Waals surface area contributed by atoms with Crippen molar-refractivity contribution in [2.45, 2.75) is 26.4 Å². The smallest absolute Gasteiger partial charge is 0.225 e. The van der Waals surface area contributed by atoms with Crippen LogP contribution >= 0.6 is 11.6 Å². The zero-order valence-electron chi connectivity index (χ0n) is 14.3. The lowest BCUT2D eigenvalue weighted by Gasteiger charge is -2.13. The molecular weight excluding hydrogens is 332 g/mol. The molecule has 5 heteroatoms. The van der Waals surface area contributed by atoms with Gasteiger partial charge in [0, 0.05) is 29.2 Å². The third-order valence-corrected chi connectivity index (χ3v) is 4.00. The van der Waals surface area contributed by atoms with Crippen LogP contribution in [0.1, 0.15) is 19.4 Å². The standard InChI is InChI=1S/C20H21ClN4/c1-14(2)23-20-24-18(15-8-4-3-5-9-15)12-19(25-20)22-13-16-10-6-7-11-17(16)21/h3-12,14H,13H2,1-2H3,(H2,22,23,24,25). The van der Waals surface area contributed by atoms with Gasteiger partial charge in [-0.3, -0.25) is 0 Å². The molecule has 0 radical (unpaired) electrons. The maximum atomic E-state index is 6.23. The van der Waals surface area contributed by atoms with Gasteiger partial charge in [-0.1, -0.05) is 60.1 Å². The molecule has 3 rings (SSSR count). The van der Waals surface area contributed by atoms with E-state index in [1.807, 2.05) is 60.7 Å². The Kier molecular flexibility index (Phi) is 5.51. The lowest BCUT2D eigenvalue weighted by molar-refractivity contribution is 0.874. The predicted octanol–water partition coefficient (Wildman–Crippen LogP) is 5.23. The minimum atomic E-state index is 0.252. The molecule has 0 amide bonds. The van der Waals surface area contributed by atoms with Crippen molar-refractivity contribution >= 4 is 23.4 Å². The Hall–Kier alpha value is -2.59. The van der Waals surface area contributed by atoms with Crippen molar-refractivity contribution in [3.05, 3.63) is 71.2 Å². The van der Waals surface area contributed by atoms with Crippen LogP contribution in [0.3, 0.4) is 0 Å². The maximum Gasteiger partial charge on any atom is 0.225 e. The summed E-state index contributed by atoms with van der Waals surface area (Å²) in [5, 5.41) is 7.37. The summed E-state index contributed by atoms with van der Waals surface area (Å²) in [6, 6.07) is 20.1. The Balaban J connectivity index is 1.88. The molecule has 3 aromatic rings. The van der Waals surface area contributed by atoms with Crippen LogP contribution in [0.15, 0.2) is 60.7 Å². The van der Waals surface area contributed by atoms with Gasteiger partial charge < -0.3 is 10.6 Å². The highest BCUT2D eigenvalue weighted by atomic mass is 35.5. The van der Waals surface area contributed by atoms with Crippen LogP contribution < -0.4 is 10.6 Å². The summed E-state index contributed by atoms with van der Waals surface area (Å²) in [6.07, 6.45) is 0. The Morgan fingerprint density at radius 3 is 2.40 bits per heavy atom. The number of aromatic nitrogens is 2. The summed E-state index contributed by atoms with van der Waals surface area (Å²) in [5.41, 5.74) is 2.96. The minimum absolute atomic E-state index is 0.252. The fourth-order valence-corrected chi connectivity index (χ4v) is 2.65. The van der Waals surface area contributed by atoms with E-state index >= 15 is 0 Å². The van der Waals surface area contributed by atoms with Gasteiger partial charge in [0.25, 0.3) is 0 Å². The quantitative estimate of drug-likeness (QED) is 0.637. The van der Waals surface area contributed by atoms with E-state index in [1.54, 1.807) is 0 Å². The zero-order valence-corrected chi connectivity index (χ0v) is 15.1. The van der Waals surface area contributed by atoms with Crippen molar-refractivity contribution in [1.82, 2.24) is 9.97 Å². The van der Waals surface area contributed by atoms with Crippen molar-refractivity contribution in [2.24, 2.45) is 0 Å². The number of anilines is 2. The number of benzene rings is 2. The molecule has 0 atom stereocenters. The van der Waals surface area contributed by atoms with Crippen LogP contribution in [0.25, 0.3) is 11.3 Å². The number of nitrogens with zero attached hydrogens (tertiary/aromatic N) is 2. The van der Waals surface area contributed by atoms with E-state index in [0.717, 1.165) is 27.7 Å². The summed E-state index contributed by atoms with van der Waals surface area (Å²) in [7, 11) is 0. The average Bonchev–Trinajstić information content (AvgIpc) is 2.61. The van der Waals surface area contributed by atoms with Gasteiger partial charge in [-0.05, 0) is 25.5 Å². The van der Waals surface area contributed by atoms with E-state index in [4.69, 9.17) is 11.6 Å². The summed E-state index contributed by atoms with van der Waals surface area (Å²) < 4.78 is 0. The first-order valence-electron chi connectivity index (χ1n) is 8.30. The molecule has 2 N–H and O–H groups in total. The number of hydrogen-bond donors (Lipinski definition) is 2. The van der Waals surface area contributed by atoms with Crippen molar-refractivity contribution in [2.75, 3.05) is 10.6 Å². The third kappa shape index (κ3) is 4.70. The Labute approximate surface area is 153 Å². The summed E-state index contributed by atoms with van der Waals surface area (Å²) in [4.78, 5) is 9.20. The number of halogens is 1. The van der Waals surface area contributed by atoms with Gasteiger partial charge in [-0.2, -0.15) is 4.98 Å². The second-order valence-corrected chi connectivity index (χ2v) is 6.48. The molecule has 4 nitrogen and oxygen atoms in total. The second kappa shape index (κ2) is 7.99. The van der Waals surface area contributed by atoms with Crippen LogP contribution in [-0.2, 0) is 6.54 Å². The minimum Gasteiger partial charge on any atom is -0.366 e. The van der Waals surface area contributed by atoms with Crippen LogP contribution in [0.5, 0.6) is 0 Å². The van der Waals surface area contributed by atoms with Crippen molar-refractivity contribution < 1.29 is 0 Å². The fraction of sp³-hybridized carbons (Fsp3) is 0.200. The summed E-state index contributed by atoms with van der Waals surface area (Å²) in [5.74, 6) is 1.37. The SMILES string of the molecule is CC(C)Nc1nc(NCc2ccccc2Cl)cc(-c2ccccc2)n1. The highest BCUT2D eigenvalue weighted by Crippen LogP contribution is 2.23. The molecule has 0 saturated heterocycles. The highest BCUT2D eigenvalue weighted by Gasteiger charge is 2.08. The van der Waals surface area contributed by atoms with Gasteiger partial charge in [-0.15, -0.1) is 0 Å². The Morgan fingerprint density at radius 2 is 1.68 bits per heavy atom. The lowest BCUT2D eigenvalue weighted by Crippen LogP contribution is -2.14. The molecule has 0 aliphatic rings. The summed E-state index contributed by atoms with van der Waals surface area (Å²) in [6.45, 7) is 4.73. The molecule has 0 aliphatic carbocycles. The molecule has 2 aromatic carbocycles. The number of nitrogens with one attached hydrogen (secondary N) is 2. The van der Waals surface area contributed by atoms with Crippen LogP contribution in [0, 0.1) is 0 Å². The number of rotatable bonds is 6. The predicted molar refractivity (Wildman–Crippen MR) is 105 cm³/mol. The third-order valence-electron chi connectivity index (χ3n) is 3.63. The maximum absolute atomic E-state index is 6.23. The van der Waals surface area contributed by atoms with E-state index < -0.39 is 0 Å². The largest absolute Gasteiger partial charge is 0.366 e. The van der Waals surface area contributed by atoms with Gasteiger partial charge in [-0.25, -0.2) is 4.98 Å². The van der Waals surface area contributed by atoms with Crippen LogP contribution in [0.4, 0.5) is 11.8 Å². The van der Waals surface area contributed by atoms with Crippen molar-refractivity contribution in [1.29, 1.82) is 0 Å². The molecule has 25 heavy (non-hydrogen) atoms. The van der Waals surface area contributed by atoms with Crippen LogP contribution in [-0.4, -0.2) is 16.0 Å². The molecule has 0 saturated carbocycles. The van der Waals surface area contributed by atoms with E-state index in [0.29, 0.717) is 12.5 Å². The fourth-order valence-electron chi connectivity index (χ4n) is 2.44. The normalized spacial score (nSPS) is 10.7. The first-order chi connectivity index (χ1) is 12.1. The topological polar surface area (TPSA) is 49.8 Å². The van der Waals surface area contributed by atoms with Gasteiger partial charge in [0.05, 0.1) is 5.69 Å². The van der Waals surface area contributed by atoms with Gasteiger partial charge in [0.15, 0.2) is 0 Å². The van der Waals surface area contributed by atoms with E-state index in [2.05, 4.69) is 34.4 Å². The molecule has 128 valence electrons. The van der Waals surface area contributed by atoms with Crippen LogP contribution in [0.2, 0.25) is 5.02 Å². The van der Waals surface area contributed by atoms with Gasteiger partial charge in [0.1, 0.15) is 5.82 Å². The van der Waals surface area contributed by atoms with Crippen molar-refractivity contribution in [3.8, 4) is 11.3 Å². The first-order valence-corrected chi connectivity index (χ1v) is 8.68. The lowest BCUT2D eigenvalue weighted by atomic mass is 10.1. The molecule has 1 heterocycles.